The molecule has 1 aromatic carbocycles. The number of hydrogen-bond acceptors (Lipinski definition) is 4. The third kappa shape index (κ3) is 4.18. The molecule has 0 unspecified atom stereocenters. The minimum atomic E-state index is -3.18. The van der Waals surface area contributed by atoms with Gasteiger partial charge in [0.05, 0.1) is 18.6 Å². The third-order valence-electron chi connectivity index (χ3n) is 4.64. The molecular formula is C17H26N2O3S. The molecule has 6 heteroatoms. The first-order valence-corrected chi connectivity index (χ1v) is 10.3. The predicted octanol–water partition coefficient (Wildman–Crippen LogP) is 2.26. The van der Waals surface area contributed by atoms with Crippen LogP contribution in [0.15, 0.2) is 18.2 Å². The zero-order chi connectivity index (χ0) is 16.3. The van der Waals surface area contributed by atoms with E-state index >= 15 is 0 Å². The number of likely N-dealkylation sites (tertiary alicyclic amines) is 1. The zero-order valence-corrected chi connectivity index (χ0v) is 14.6. The summed E-state index contributed by atoms with van der Waals surface area (Å²) in [4.78, 5) is 2.51. The van der Waals surface area contributed by atoms with Gasteiger partial charge in [-0.3, -0.25) is 4.31 Å². The maximum Gasteiger partial charge on any atom is 0.232 e. The number of fused-ring (bicyclic) bond motifs is 1. The highest BCUT2D eigenvalue weighted by molar-refractivity contribution is 7.92. The van der Waals surface area contributed by atoms with Crippen molar-refractivity contribution in [1.29, 1.82) is 0 Å². The first-order chi connectivity index (χ1) is 11.0. The molecule has 1 saturated heterocycles. The Kier molecular flexibility index (Phi) is 5.11. The molecule has 2 aliphatic rings. The van der Waals surface area contributed by atoms with Crippen LogP contribution in [0.5, 0.6) is 5.75 Å². The van der Waals surface area contributed by atoms with Crippen molar-refractivity contribution in [1.82, 2.24) is 4.90 Å². The number of hydrogen-bond donors (Lipinski definition) is 0. The fourth-order valence-corrected chi connectivity index (χ4v) is 4.40. The molecule has 1 aromatic rings. The lowest BCUT2D eigenvalue weighted by molar-refractivity contribution is 0.205. The van der Waals surface area contributed by atoms with Crippen molar-refractivity contribution in [2.75, 3.05) is 43.3 Å². The first kappa shape index (κ1) is 16.6. The monoisotopic (exact) mass is 338 g/mol. The van der Waals surface area contributed by atoms with Crippen molar-refractivity contribution < 1.29 is 13.2 Å². The summed E-state index contributed by atoms with van der Waals surface area (Å²) in [7, 11) is -3.18. The molecule has 0 aromatic heterocycles. The van der Waals surface area contributed by atoms with Crippen LogP contribution in [0.1, 0.15) is 31.2 Å². The van der Waals surface area contributed by atoms with Gasteiger partial charge in [0.25, 0.3) is 0 Å². The van der Waals surface area contributed by atoms with Crippen molar-refractivity contribution in [3.8, 4) is 5.75 Å². The van der Waals surface area contributed by atoms with Gasteiger partial charge < -0.3 is 9.64 Å². The van der Waals surface area contributed by atoms with E-state index in [-0.39, 0.29) is 0 Å². The second kappa shape index (κ2) is 7.09. The first-order valence-electron chi connectivity index (χ1n) is 8.50. The van der Waals surface area contributed by atoms with Gasteiger partial charge in [0.1, 0.15) is 5.75 Å². The summed E-state index contributed by atoms with van der Waals surface area (Å²) < 4.78 is 30.8. The van der Waals surface area contributed by atoms with Gasteiger partial charge in [-0.15, -0.1) is 0 Å². The summed E-state index contributed by atoms with van der Waals surface area (Å²) in [6.45, 7) is 4.80. The van der Waals surface area contributed by atoms with E-state index in [1.54, 1.807) is 0 Å². The van der Waals surface area contributed by atoms with E-state index in [1.165, 1.54) is 42.9 Å². The molecule has 0 N–H and O–H groups in total. The Morgan fingerprint density at radius 3 is 2.65 bits per heavy atom. The molecule has 5 nitrogen and oxygen atoms in total. The standard InChI is InChI=1S/C17H26N2O3S/c1-23(20,21)19-12-8-15-14-16(6-7-17(15)19)22-13-5-11-18-9-3-2-4-10-18/h6-7,14H,2-5,8-13H2,1H3. The van der Waals surface area contributed by atoms with Crippen molar-refractivity contribution in [2.24, 2.45) is 0 Å². The summed E-state index contributed by atoms with van der Waals surface area (Å²) in [5.41, 5.74) is 1.86. The number of benzene rings is 1. The number of anilines is 1. The van der Waals surface area contributed by atoms with Gasteiger partial charge >= 0.3 is 0 Å². The van der Waals surface area contributed by atoms with Crippen molar-refractivity contribution in [3.63, 3.8) is 0 Å². The predicted molar refractivity (Wildman–Crippen MR) is 92.7 cm³/mol. The molecule has 2 aliphatic heterocycles. The van der Waals surface area contributed by atoms with Crippen molar-refractivity contribution in [3.05, 3.63) is 23.8 Å². The summed E-state index contributed by atoms with van der Waals surface area (Å²) in [5.74, 6) is 0.845. The van der Waals surface area contributed by atoms with Gasteiger partial charge in [-0.2, -0.15) is 0 Å². The van der Waals surface area contributed by atoms with Gasteiger partial charge in [-0.1, -0.05) is 6.42 Å². The van der Waals surface area contributed by atoms with Crippen LogP contribution in [0, 0.1) is 0 Å². The molecule has 3 rings (SSSR count). The summed E-state index contributed by atoms with van der Waals surface area (Å²) >= 11 is 0. The molecular weight excluding hydrogens is 312 g/mol. The molecule has 0 saturated carbocycles. The number of piperidine rings is 1. The third-order valence-corrected chi connectivity index (χ3v) is 5.82. The lowest BCUT2D eigenvalue weighted by Crippen LogP contribution is -2.31. The van der Waals surface area contributed by atoms with Crippen LogP contribution in [-0.4, -0.2) is 52.4 Å². The fraction of sp³-hybridized carbons (Fsp3) is 0.647. The molecule has 1 fully saturated rings. The average Bonchev–Trinajstić information content (AvgIpc) is 2.96. The maximum absolute atomic E-state index is 11.7. The quantitative estimate of drug-likeness (QED) is 0.747. The Morgan fingerprint density at radius 2 is 1.91 bits per heavy atom. The molecule has 0 aliphatic carbocycles. The minimum Gasteiger partial charge on any atom is -0.494 e. The highest BCUT2D eigenvalue weighted by Crippen LogP contribution is 2.32. The highest BCUT2D eigenvalue weighted by atomic mass is 32.2. The molecule has 2 heterocycles. The average molecular weight is 338 g/mol. The van der Waals surface area contributed by atoms with Crippen LogP contribution in [0.25, 0.3) is 0 Å². The molecule has 23 heavy (non-hydrogen) atoms. The van der Waals surface area contributed by atoms with E-state index in [0.717, 1.165) is 36.4 Å². The van der Waals surface area contributed by atoms with Crippen molar-refractivity contribution >= 4 is 15.7 Å². The highest BCUT2D eigenvalue weighted by Gasteiger charge is 2.26. The molecule has 0 radical (unpaired) electrons. The number of sulfonamides is 1. The van der Waals surface area contributed by atoms with E-state index in [4.69, 9.17) is 4.74 Å². The number of ether oxygens (including phenoxy) is 1. The Labute approximate surface area is 139 Å². The number of nitrogens with zero attached hydrogens (tertiary/aromatic N) is 2. The Hall–Kier alpha value is -1.27. The number of rotatable bonds is 6. The van der Waals surface area contributed by atoms with E-state index in [0.29, 0.717) is 13.2 Å². The van der Waals surface area contributed by atoms with E-state index in [2.05, 4.69) is 4.90 Å². The fourth-order valence-electron chi connectivity index (χ4n) is 3.44. The molecule has 0 atom stereocenters. The largest absolute Gasteiger partial charge is 0.494 e. The van der Waals surface area contributed by atoms with Gasteiger partial charge in [-0.05, 0) is 62.5 Å². The Morgan fingerprint density at radius 1 is 1.13 bits per heavy atom. The van der Waals surface area contributed by atoms with E-state index in [9.17, 15) is 8.42 Å². The van der Waals surface area contributed by atoms with Crippen LogP contribution in [0.4, 0.5) is 5.69 Å². The lowest BCUT2D eigenvalue weighted by Gasteiger charge is -2.26. The van der Waals surface area contributed by atoms with E-state index in [1.807, 2.05) is 18.2 Å². The van der Waals surface area contributed by atoms with Crippen LogP contribution < -0.4 is 9.04 Å². The summed E-state index contributed by atoms with van der Waals surface area (Å²) in [6.07, 6.45) is 7.06. The summed E-state index contributed by atoms with van der Waals surface area (Å²) in [5, 5.41) is 0. The van der Waals surface area contributed by atoms with Gasteiger partial charge in [-0.25, -0.2) is 8.42 Å². The topological polar surface area (TPSA) is 49.9 Å². The second-order valence-corrected chi connectivity index (χ2v) is 8.39. The van der Waals surface area contributed by atoms with Crippen LogP contribution in [0.3, 0.4) is 0 Å². The zero-order valence-electron chi connectivity index (χ0n) is 13.8. The molecule has 128 valence electrons. The van der Waals surface area contributed by atoms with Gasteiger partial charge in [0.2, 0.25) is 10.0 Å². The second-order valence-electron chi connectivity index (χ2n) is 6.48. The Bertz CT molecular complexity index is 639. The van der Waals surface area contributed by atoms with Gasteiger partial charge in [0.15, 0.2) is 0 Å². The van der Waals surface area contributed by atoms with Gasteiger partial charge in [0, 0.05) is 13.1 Å². The van der Waals surface area contributed by atoms with Crippen LogP contribution in [-0.2, 0) is 16.4 Å². The smallest absolute Gasteiger partial charge is 0.232 e. The van der Waals surface area contributed by atoms with Crippen LogP contribution >= 0.6 is 0 Å². The molecule has 0 spiro atoms. The maximum atomic E-state index is 11.7. The SMILES string of the molecule is CS(=O)(=O)N1CCc2cc(OCCCN3CCCCC3)ccc21. The molecule has 0 amide bonds. The summed E-state index contributed by atoms with van der Waals surface area (Å²) in [6, 6.07) is 5.73. The minimum absolute atomic E-state index is 0.534. The Balaban J connectivity index is 1.50. The lowest BCUT2D eigenvalue weighted by atomic mass is 10.1. The van der Waals surface area contributed by atoms with E-state index < -0.39 is 10.0 Å². The molecule has 0 bridgehead atoms. The normalized spacial score (nSPS) is 18.9. The van der Waals surface area contributed by atoms with Crippen LogP contribution in [0.2, 0.25) is 0 Å². The van der Waals surface area contributed by atoms with Crippen molar-refractivity contribution in [2.45, 2.75) is 32.1 Å².